The standard InChI is InChI=1S/C10H12BNO3.C8H9BO2/c1-7(2)10(13)12-9-5-3-8(4-6-9)11(14)15;1-2-7-5-3-4-6-8(7)9(10)11/h3-6,14-15H,1H2,2H3,(H,12,13);2-6,10-11H,1H2. The lowest BCUT2D eigenvalue weighted by molar-refractivity contribution is -0.112. The van der Waals surface area contributed by atoms with Gasteiger partial charge in [0.15, 0.2) is 0 Å². The molecule has 0 atom stereocenters. The summed E-state index contributed by atoms with van der Waals surface area (Å²) in [7, 11) is -2.90. The van der Waals surface area contributed by atoms with Gasteiger partial charge in [-0.3, -0.25) is 4.79 Å². The van der Waals surface area contributed by atoms with Crippen LogP contribution in [0, 0.1) is 0 Å². The number of hydrogen-bond donors (Lipinski definition) is 5. The molecule has 0 radical (unpaired) electrons. The van der Waals surface area contributed by atoms with Crippen molar-refractivity contribution < 1.29 is 24.9 Å². The van der Waals surface area contributed by atoms with E-state index in [1.165, 1.54) is 12.1 Å². The van der Waals surface area contributed by atoms with Crippen LogP contribution in [0.3, 0.4) is 0 Å². The summed E-state index contributed by atoms with van der Waals surface area (Å²) in [6.45, 7) is 8.67. The SMILES string of the molecule is C=C(C)C(=O)Nc1ccc(B(O)O)cc1.C=Cc1ccccc1B(O)O. The van der Waals surface area contributed by atoms with E-state index in [9.17, 15) is 4.79 Å². The van der Waals surface area contributed by atoms with E-state index in [-0.39, 0.29) is 5.91 Å². The van der Waals surface area contributed by atoms with Crippen molar-refractivity contribution in [3.05, 3.63) is 72.8 Å². The van der Waals surface area contributed by atoms with Crippen molar-refractivity contribution in [2.24, 2.45) is 0 Å². The van der Waals surface area contributed by atoms with Crippen LogP contribution in [0.4, 0.5) is 5.69 Å². The molecule has 0 bridgehead atoms. The quantitative estimate of drug-likeness (QED) is 0.381. The Labute approximate surface area is 153 Å². The van der Waals surface area contributed by atoms with E-state index in [1.807, 2.05) is 6.07 Å². The molecule has 8 heteroatoms. The van der Waals surface area contributed by atoms with Crippen LogP contribution in [0.15, 0.2) is 67.3 Å². The average molecular weight is 353 g/mol. The summed E-state index contributed by atoms with van der Waals surface area (Å²) >= 11 is 0. The Morgan fingerprint density at radius 2 is 1.58 bits per heavy atom. The third-order valence-electron chi connectivity index (χ3n) is 3.35. The summed E-state index contributed by atoms with van der Waals surface area (Å²) in [4.78, 5) is 11.2. The Hall–Kier alpha value is -2.64. The lowest BCUT2D eigenvalue weighted by Gasteiger charge is -2.05. The van der Waals surface area contributed by atoms with Gasteiger partial charge >= 0.3 is 14.2 Å². The Kier molecular flexibility index (Phi) is 8.54. The van der Waals surface area contributed by atoms with Crippen molar-refractivity contribution in [3.63, 3.8) is 0 Å². The van der Waals surface area contributed by atoms with Crippen LogP contribution in [0.25, 0.3) is 6.08 Å². The Morgan fingerprint density at radius 1 is 1.00 bits per heavy atom. The molecule has 1 amide bonds. The van der Waals surface area contributed by atoms with E-state index in [0.29, 0.717) is 22.2 Å². The second-order valence-electron chi connectivity index (χ2n) is 5.44. The molecule has 134 valence electrons. The topological polar surface area (TPSA) is 110 Å². The number of amides is 1. The molecule has 0 spiro atoms. The lowest BCUT2D eigenvalue weighted by Crippen LogP contribution is -2.31. The minimum Gasteiger partial charge on any atom is -0.423 e. The van der Waals surface area contributed by atoms with Crippen LogP contribution in [0.2, 0.25) is 0 Å². The molecule has 0 unspecified atom stereocenters. The van der Waals surface area contributed by atoms with Crippen LogP contribution in [-0.4, -0.2) is 40.2 Å². The highest BCUT2D eigenvalue weighted by molar-refractivity contribution is 6.59. The van der Waals surface area contributed by atoms with Crippen molar-refractivity contribution >= 4 is 42.8 Å². The maximum Gasteiger partial charge on any atom is 0.489 e. The van der Waals surface area contributed by atoms with Gasteiger partial charge in [0.1, 0.15) is 0 Å². The molecular formula is C18H21B2NO5. The minimum absolute atomic E-state index is 0.257. The molecule has 0 heterocycles. The van der Waals surface area contributed by atoms with E-state index in [1.54, 1.807) is 43.3 Å². The fourth-order valence-corrected chi connectivity index (χ4v) is 1.91. The largest absolute Gasteiger partial charge is 0.489 e. The van der Waals surface area contributed by atoms with Gasteiger partial charge in [-0.15, -0.1) is 0 Å². The summed E-state index contributed by atoms with van der Waals surface area (Å²) in [6.07, 6.45) is 1.59. The summed E-state index contributed by atoms with van der Waals surface area (Å²) in [5.41, 5.74) is 2.63. The van der Waals surface area contributed by atoms with E-state index in [4.69, 9.17) is 20.1 Å². The summed E-state index contributed by atoms with van der Waals surface area (Å²) in [5.74, 6) is -0.257. The van der Waals surface area contributed by atoms with E-state index >= 15 is 0 Å². The number of carbonyl (C=O) groups excluding carboxylic acids is 1. The molecule has 0 aliphatic heterocycles. The van der Waals surface area contributed by atoms with Crippen molar-refractivity contribution in [1.29, 1.82) is 0 Å². The van der Waals surface area contributed by atoms with Crippen molar-refractivity contribution in [1.82, 2.24) is 0 Å². The van der Waals surface area contributed by atoms with E-state index in [0.717, 1.165) is 5.56 Å². The van der Waals surface area contributed by atoms with Gasteiger partial charge in [0.2, 0.25) is 0 Å². The van der Waals surface area contributed by atoms with Crippen LogP contribution < -0.4 is 16.2 Å². The highest BCUT2D eigenvalue weighted by atomic mass is 16.4. The molecule has 5 N–H and O–H groups in total. The Bertz CT molecular complexity index is 760. The molecular weight excluding hydrogens is 332 g/mol. The second kappa shape index (κ2) is 10.4. The van der Waals surface area contributed by atoms with Crippen molar-refractivity contribution in [3.8, 4) is 0 Å². The molecule has 26 heavy (non-hydrogen) atoms. The summed E-state index contributed by atoms with van der Waals surface area (Å²) < 4.78 is 0. The zero-order chi connectivity index (χ0) is 19.7. The highest BCUT2D eigenvalue weighted by Gasteiger charge is 2.12. The molecule has 0 saturated carbocycles. The predicted molar refractivity (Wildman–Crippen MR) is 106 cm³/mol. The second-order valence-corrected chi connectivity index (χ2v) is 5.44. The maximum atomic E-state index is 11.2. The highest BCUT2D eigenvalue weighted by Crippen LogP contribution is 2.05. The maximum absolute atomic E-state index is 11.2. The zero-order valence-corrected chi connectivity index (χ0v) is 14.5. The first-order valence-electron chi connectivity index (χ1n) is 7.76. The molecule has 0 aliphatic carbocycles. The number of anilines is 1. The fourth-order valence-electron chi connectivity index (χ4n) is 1.91. The number of hydrogen-bond acceptors (Lipinski definition) is 5. The number of benzene rings is 2. The smallest absolute Gasteiger partial charge is 0.423 e. The molecule has 2 rings (SSSR count). The summed E-state index contributed by atoms with van der Waals surface area (Å²) in [5, 5.41) is 38.0. The van der Waals surface area contributed by atoms with Crippen LogP contribution in [0.5, 0.6) is 0 Å². The third-order valence-corrected chi connectivity index (χ3v) is 3.35. The number of nitrogens with one attached hydrogen (secondary N) is 1. The monoisotopic (exact) mass is 353 g/mol. The van der Waals surface area contributed by atoms with Crippen molar-refractivity contribution in [2.45, 2.75) is 6.92 Å². The van der Waals surface area contributed by atoms with Crippen LogP contribution in [0.1, 0.15) is 12.5 Å². The van der Waals surface area contributed by atoms with Crippen LogP contribution in [-0.2, 0) is 4.79 Å². The number of rotatable bonds is 5. The van der Waals surface area contributed by atoms with E-state index < -0.39 is 14.2 Å². The molecule has 0 aromatic heterocycles. The molecule has 2 aromatic rings. The lowest BCUT2D eigenvalue weighted by atomic mass is 9.77. The van der Waals surface area contributed by atoms with Gasteiger partial charge in [-0.25, -0.2) is 0 Å². The number of carbonyl (C=O) groups is 1. The molecule has 2 aromatic carbocycles. The Morgan fingerprint density at radius 3 is 2.00 bits per heavy atom. The van der Waals surface area contributed by atoms with Crippen LogP contribution >= 0.6 is 0 Å². The van der Waals surface area contributed by atoms with Gasteiger partial charge in [-0.2, -0.15) is 0 Å². The van der Waals surface area contributed by atoms with E-state index in [2.05, 4.69) is 18.5 Å². The van der Waals surface area contributed by atoms with Gasteiger partial charge < -0.3 is 25.4 Å². The molecule has 0 fully saturated rings. The Balaban J connectivity index is 0.000000273. The van der Waals surface area contributed by atoms with Gasteiger partial charge in [-0.05, 0) is 35.5 Å². The van der Waals surface area contributed by atoms with Gasteiger partial charge in [0.05, 0.1) is 0 Å². The summed E-state index contributed by atoms with van der Waals surface area (Å²) in [6, 6.07) is 13.2. The van der Waals surface area contributed by atoms with Gasteiger partial charge in [-0.1, -0.05) is 55.6 Å². The first-order chi connectivity index (χ1) is 12.3. The molecule has 6 nitrogen and oxygen atoms in total. The normalized spacial score (nSPS) is 9.42. The zero-order valence-electron chi connectivity index (χ0n) is 14.5. The molecule has 0 aliphatic rings. The minimum atomic E-state index is -1.49. The first-order valence-corrected chi connectivity index (χ1v) is 7.76. The predicted octanol–water partition coefficient (Wildman–Crippen LogP) is -0.110. The third kappa shape index (κ3) is 6.70. The average Bonchev–Trinajstić information content (AvgIpc) is 2.62. The fraction of sp³-hybridized carbons (Fsp3) is 0.0556. The van der Waals surface area contributed by atoms with Gasteiger partial charge in [0, 0.05) is 11.3 Å². The first kappa shape index (κ1) is 21.4. The van der Waals surface area contributed by atoms with Crippen molar-refractivity contribution in [2.75, 3.05) is 5.32 Å². The van der Waals surface area contributed by atoms with Gasteiger partial charge in [0.25, 0.3) is 5.91 Å². The molecule has 0 saturated heterocycles.